The first-order chi connectivity index (χ1) is 11.2. The van der Waals surface area contributed by atoms with E-state index in [2.05, 4.69) is 0 Å². The maximum absolute atomic E-state index is 12.4. The normalized spacial score (nSPS) is 15.7. The van der Waals surface area contributed by atoms with E-state index in [-0.39, 0.29) is 5.91 Å². The molecule has 1 aromatic rings. The molecule has 0 unspecified atom stereocenters. The van der Waals surface area contributed by atoms with Gasteiger partial charge in [-0.05, 0) is 36.5 Å². The molecule has 0 spiro atoms. The number of hydrogen-bond donors (Lipinski definition) is 0. The van der Waals surface area contributed by atoms with Crippen molar-refractivity contribution >= 4 is 5.91 Å². The van der Waals surface area contributed by atoms with Gasteiger partial charge in [0.25, 0.3) is 0 Å². The molecule has 1 aromatic carbocycles. The van der Waals surface area contributed by atoms with Gasteiger partial charge in [-0.25, -0.2) is 0 Å². The van der Waals surface area contributed by atoms with Gasteiger partial charge in [-0.15, -0.1) is 0 Å². The molecule has 1 amide bonds. The van der Waals surface area contributed by atoms with Crippen LogP contribution in [0.5, 0.6) is 5.75 Å². The molecule has 23 heavy (non-hydrogen) atoms. The fraction of sp³-hybridized carbons (Fsp3) is 0.611. The first-order valence-corrected chi connectivity index (χ1v) is 8.20. The van der Waals surface area contributed by atoms with E-state index < -0.39 is 0 Å². The van der Waals surface area contributed by atoms with Gasteiger partial charge in [0.15, 0.2) is 0 Å². The van der Waals surface area contributed by atoms with Crippen LogP contribution in [-0.4, -0.2) is 57.9 Å². The van der Waals surface area contributed by atoms with Gasteiger partial charge in [0.2, 0.25) is 5.91 Å². The van der Waals surface area contributed by atoms with E-state index >= 15 is 0 Å². The Balaban J connectivity index is 1.72. The minimum Gasteiger partial charge on any atom is -0.497 e. The molecule has 0 atom stereocenters. The summed E-state index contributed by atoms with van der Waals surface area (Å²) in [6, 6.07) is 7.71. The van der Waals surface area contributed by atoms with Gasteiger partial charge >= 0.3 is 0 Å². The molecule has 5 heteroatoms. The van der Waals surface area contributed by atoms with E-state index in [1.54, 1.807) is 14.2 Å². The molecule has 1 aliphatic rings. The molecule has 0 radical (unpaired) electrons. The van der Waals surface area contributed by atoms with Crippen molar-refractivity contribution in [3.8, 4) is 5.75 Å². The van der Waals surface area contributed by atoms with Crippen LogP contribution in [0.1, 0.15) is 18.4 Å². The molecule has 2 rings (SSSR count). The third-order valence-corrected chi connectivity index (χ3v) is 4.24. The molecule has 0 N–H and O–H groups in total. The van der Waals surface area contributed by atoms with Gasteiger partial charge in [-0.2, -0.15) is 0 Å². The van der Waals surface area contributed by atoms with Crippen molar-refractivity contribution in [2.24, 2.45) is 5.92 Å². The fourth-order valence-electron chi connectivity index (χ4n) is 2.81. The molecule has 1 saturated heterocycles. The average Bonchev–Trinajstić information content (AvgIpc) is 2.59. The number of nitrogens with zero attached hydrogens (tertiary/aromatic N) is 1. The third-order valence-electron chi connectivity index (χ3n) is 4.24. The average molecular weight is 321 g/mol. The first kappa shape index (κ1) is 17.8. The number of benzene rings is 1. The zero-order valence-corrected chi connectivity index (χ0v) is 14.1. The molecule has 1 fully saturated rings. The number of ether oxygens (including phenoxy) is 3. The minimum absolute atomic E-state index is 0.192. The largest absolute Gasteiger partial charge is 0.497 e. The Morgan fingerprint density at radius 1 is 1.22 bits per heavy atom. The predicted molar refractivity (Wildman–Crippen MR) is 88.7 cm³/mol. The summed E-state index contributed by atoms with van der Waals surface area (Å²) in [5.74, 6) is 1.53. The second-order valence-corrected chi connectivity index (χ2v) is 5.92. The zero-order valence-electron chi connectivity index (χ0n) is 14.1. The summed E-state index contributed by atoms with van der Waals surface area (Å²) in [5, 5.41) is 0. The molecule has 0 aliphatic carbocycles. The molecule has 0 aromatic heterocycles. The Morgan fingerprint density at radius 2 is 2.00 bits per heavy atom. The van der Waals surface area contributed by atoms with E-state index in [4.69, 9.17) is 14.2 Å². The molecule has 1 heterocycles. The smallest absolute Gasteiger partial charge is 0.226 e. The number of amides is 1. The highest BCUT2D eigenvalue weighted by Crippen LogP contribution is 2.19. The number of likely N-dealkylation sites (tertiary alicyclic amines) is 1. The van der Waals surface area contributed by atoms with Gasteiger partial charge in [0.1, 0.15) is 5.75 Å². The highest BCUT2D eigenvalue weighted by Gasteiger charge is 2.22. The van der Waals surface area contributed by atoms with Gasteiger partial charge < -0.3 is 19.1 Å². The highest BCUT2D eigenvalue weighted by atomic mass is 16.5. The summed E-state index contributed by atoms with van der Waals surface area (Å²) in [6.45, 7) is 3.69. The number of piperidine rings is 1. The van der Waals surface area contributed by atoms with Crippen molar-refractivity contribution in [2.75, 3.05) is 47.1 Å². The lowest BCUT2D eigenvalue weighted by Gasteiger charge is -2.32. The summed E-state index contributed by atoms with van der Waals surface area (Å²) in [4.78, 5) is 14.4. The van der Waals surface area contributed by atoms with Crippen LogP contribution >= 0.6 is 0 Å². The van der Waals surface area contributed by atoms with Crippen molar-refractivity contribution in [2.45, 2.75) is 19.3 Å². The fourth-order valence-corrected chi connectivity index (χ4v) is 2.81. The quantitative estimate of drug-likeness (QED) is 0.688. The summed E-state index contributed by atoms with van der Waals surface area (Å²) in [7, 11) is 3.32. The minimum atomic E-state index is 0.192. The Labute approximate surface area is 138 Å². The van der Waals surface area contributed by atoms with Crippen molar-refractivity contribution < 1.29 is 19.0 Å². The Hall–Kier alpha value is -1.59. The van der Waals surface area contributed by atoms with Crippen LogP contribution < -0.4 is 4.74 Å². The maximum atomic E-state index is 12.4. The molecule has 5 nitrogen and oxygen atoms in total. The first-order valence-electron chi connectivity index (χ1n) is 8.20. The van der Waals surface area contributed by atoms with Crippen LogP contribution in [0.25, 0.3) is 0 Å². The van der Waals surface area contributed by atoms with Crippen LogP contribution in [0.3, 0.4) is 0 Å². The van der Waals surface area contributed by atoms with E-state index in [0.717, 1.165) is 43.9 Å². The van der Waals surface area contributed by atoms with Gasteiger partial charge in [-0.1, -0.05) is 12.1 Å². The van der Waals surface area contributed by atoms with Crippen molar-refractivity contribution in [1.82, 2.24) is 4.90 Å². The lowest BCUT2D eigenvalue weighted by molar-refractivity contribution is -0.132. The predicted octanol–water partition coefficient (Wildman–Crippen LogP) is 2.14. The lowest BCUT2D eigenvalue weighted by atomic mass is 9.97. The monoisotopic (exact) mass is 321 g/mol. The molecule has 0 saturated carbocycles. The second kappa shape index (κ2) is 9.53. The van der Waals surface area contributed by atoms with Crippen molar-refractivity contribution in [1.29, 1.82) is 0 Å². The zero-order chi connectivity index (χ0) is 16.5. The Morgan fingerprint density at radius 3 is 2.70 bits per heavy atom. The van der Waals surface area contributed by atoms with Crippen LogP contribution in [0, 0.1) is 5.92 Å². The van der Waals surface area contributed by atoms with Crippen LogP contribution in [0.4, 0.5) is 0 Å². The second-order valence-electron chi connectivity index (χ2n) is 5.92. The van der Waals surface area contributed by atoms with E-state index in [9.17, 15) is 4.79 Å². The van der Waals surface area contributed by atoms with Crippen LogP contribution in [0.2, 0.25) is 0 Å². The Kier molecular flexibility index (Phi) is 7.36. The van der Waals surface area contributed by atoms with Crippen LogP contribution in [0.15, 0.2) is 24.3 Å². The number of carbonyl (C=O) groups excluding carboxylic acids is 1. The lowest BCUT2D eigenvalue weighted by Crippen LogP contribution is -2.40. The number of methoxy groups -OCH3 is 2. The van der Waals surface area contributed by atoms with Crippen LogP contribution in [-0.2, 0) is 20.7 Å². The van der Waals surface area contributed by atoms with Gasteiger partial charge in [0.05, 0.1) is 26.7 Å². The SMILES string of the molecule is COCCOCC1CCN(C(=O)Cc2cccc(OC)c2)CC1. The van der Waals surface area contributed by atoms with Gasteiger partial charge in [-0.3, -0.25) is 4.79 Å². The van der Waals surface area contributed by atoms with E-state index in [1.165, 1.54) is 0 Å². The van der Waals surface area contributed by atoms with Gasteiger partial charge in [0, 0.05) is 26.8 Å². The van der Waals surface area contributed by atoms with E-state index in [1.807, 2.05) is 29.2 Å². The maximum Gasteiger partial charge on any atom is 0.226 e. The summed E-state index contributed by atoms with van der Waals surface area (Å²) >= 11 is 0. The van der Waals surface area contributed by atoms with Crippen molar-refractivity contribution in [3.05, 3.63) is 29.8 Å². The topological polar surface area (TPSA) is 48.0 Å². The number of carbonyl (C=O) groups is 1. The summed E-state index contributed by atoms with van der Waals surface area (Å²) in [5.41, 5.74) is 0.999. The standard InChI is InChI=1S/C18H27NO4/c1-21-10-11-23-14-15-6-8-19(9-7-15)18(20)13-16-4-3-5-17(12-16)22-2/h3-5,12,15H,6-11,13-14H2,1-2H3. The summed E-state index contributed by atoms with van der Waals surface area (Å²) < 4.78 is 15.8. The highest BCUT2D eigenvalue weighted by molar-refractivity contribution is 5.79. The molecular weight excluding hydrogens is 294 g/mol. The number of rotatable bonds is 8. The molecule has 128 valence electrons. The molecular formula is C18H27NO4. The number of hydrogen-bond acceptors (Lipinski definition) is 4. The molecule has 0 bridgehead atoms. The third kappa shape index (κ3) is 5.84. The summed E-state index contributed by atoms with van der Waals surface area (Å²) in [6.07, 6.45) is 2.46. The van der Waals surface area contributed by atoms with E-state index in [0.29, 0.717) is 25.6 Å². The molecule has 1 aliphatic heterocycles. The van der Waals surface area contributed by atoms with Crippen molar-refractivity contribution in [3.63, 3.8) is 0 Å². The Bertz CT molecular complexity index is 484.